The number of unbranched alkanes of at least 4 members (excludes halogenated alkanes) is 1. The standard InChI is InChI=1S/C33H44N4O7/c1-3-4-14-37(24-9-5-8-22(15-24)18-34)30(39)20-36-19-25(23-16-27(42-2)32-28(17-23)43-21-44-32)31(33(40)41)26(36)10-6-12-35-13-7-11-29(35)38/h5,8-9,15-17,25-26,31H,3-4,6-7,10-14,18-21,34H2,1-2H3,(H,40,41). The SMILES string of the molecule is CCCCN(C(=O)CN1CC(c2cc(OC)c3c(c2)OCO3)C(C(=O)O)C1CCCN1CCCC1=O)c1cccc(CN)c1. The van der Waals surface area contributed by atoms with Gasteiger partial charge in [0.1, 0.15) is 0 Å². The summed E-state index contributed by atoms with van der Waals surface area (Å²) in [5.74, 6) is -0.515. The van der Waals surface area contributed by atoms with Crippen LogP contribution in [0.5, 0.6) is 17.2 Å². The average Bonchev–Trinajstić information content (AvgIpc) is 3.76. The van der Waals surface area contributed by atoms with E-state index in [2.05, 4.69) is 6.92 Å². The van der Waals surface area contributed by atoms with Gasteiger partial charge in [-0.25, -0.2) is 0 Å². The molecule has 0 aliphatic carbocycles. The minimum atomic E-state index is -0.915. The number of methoxy groups -OCH3 is 1. The van der Waals surface area contributed by atoms with Crippen molar-refractivity contribution in [3.8, 4) is 17.2 Å². The minimum absolute atomic E-state index is 0.0690. The molecule has 3 atom stereocenters. The molecule has 2 aromatic rings. The van der Waals surface area contributed by atoms with E-state index in [4.69, 9.17) is 19.9 Å². The summed E-state index contributed by atoms with van der Waals surface area (Å²) in [6.07, 6.45) is 4.38. The topological polar surface area (TPSA) is 135 Å². The molecule has 2 fully saturated rings. The summed E-state index contributed by atoms with van der Waals surface area (Å²) in [5.41, 5.74) is 8.40. The first-order valence-corrected chi connectivity index (χ1v) is 15.7. The first kappa shape index (κ1) is 31.6. The van der Waals surface area contributed by atoms with Crippen LogP contribution in [0.25, 0.3) is 0 Å². The van der Waals surface area contributed by atoms with Crippen LogP contribution in [0.15, 0.2) is 36.4 Å². The van der Waals surface area contributed by atoms with Crippen molar-refractivity contribution in [2.75, 3.05) is 51.5 Å². The molecule has 0 saturated carbocycles. The number of aliphatic carboxylic acids is 1. The lowest BCUT2D eigenvalue weighted by Gasteiger charge is -2.30. The molecule has 3 heterocycles. The van der Waals surface area contributed by atoms with Crippen LogP contribution in [-0.4, -0.2) is 85.4 Å². The highest BCUT2D eigenvalue weighted by Gasteiger charge is 2.47. The molecule has 5 rings (SSSR count). The Balaban J connectivity index is 1.44. The van der Waals surface area contributed by atoms with Gasteiger partial charge in [-0.05, 0) is 61.1 Å². The third-order valence-corrected chi connectivity index (χ3v) is 9.07. The van der Waals surface area contributed by atoms with Crippen molar-refractivity contribution in [1.29, 1.82) is 0 Å². The third-order valence-electron chi connectivity index (χ3n) is 9.07. The summed E-state index contributed by atoms with van der Waals surface area (Å²) in [5, 5.41) is 10.6. The van der Waals surface area contributed by atoms with Crippen LogP contribution < -0.4 is 24.8 Å². The fourth-order valence-electron chi connectivity index (χ4n) is 6.81. The predicted molar refractivity (Wildman–Crippen MR) is 165 cm³/mol. The summed E-state index contributed by atoms with van der Waals surface area (Å²) in [7, 11) is 1.54. The van der Waals surface area contributed by atoms with Crippen LogP contribution in [0, 0.1) is 5.92 Å². The largest absolute Gasteiger partial charge is 0.493 e. The zero-order valence-electron chi connectivity index (χ0n) is 25.7. The van der Waals surface area contributed by atoms with E-state index in [1.54, 1.807) is 12.0 Å². The molecule has 3 aliphatic heterocycles. The van der Waals surface area contributed by atoms with Gasteiger partial charge in [-0.15, -0.1) is 0 Å². The molecule has 0 radical (unpaired) electrons. The number of nitrogens with two attached hydrogens (primary N) is 1. The summed E-state index contributed by atoms with van der Waals surface area (Å²) in [6.45, 7) is 4.86. The van der Waals surface area contributed by atoms with E-state index < -0.39 is 23.8 Å². The van der Waals surface area contributed by atoms with E-state index in [1.807, 2.05) is 46.2 Å². The van der Waals surface area contributed by atoms with Crippen molar-refractivity contribution in [2.24, 2.45) is 11.7 Å². The van der Waals surface area contributed by atoms with E-state index >= 15 is 0 Å². The number of hydrogen-bond donors (Lipinski definition) is 2. The van der Waals surface area contributed by atoms with Gasteiger partial charge in [0.05, 0.1) is 19.6 Å². The molecule has 11 nitrogen and oxygen atoms in total. The minimum Gasteiger partial charge on any atom is -0.493 e. The first-order chi connectivity index (χ1) is 21.3. The number of anilines is 1. The molecule has 11 heteroatoms. The second-order valence-corrected chi connectivity index (χ2v) is 11.8. The molecule has 0 spiro atoms. The molecule has 238 valence electrons. The van der Waals surface area contributed by atoms with Gasteiger partial charge in [0.2, 0.25) is 24.4 Å². The molecule has 3 aliphatic rings. The Morgan fingerprint density at radius 2 is 2.02 bits per heavy atom. The van der Waals surface area contributed by atoms with Gasteiger partial charge in [0, 0.05) is 56.8 Å². The maximum atomic E-state index is 14.0. The lowest BCUT2D eigenvalue weighted by molar-refractivity contribution is -0.143. The zero-order valence-corrected chi connectivity index (χ0v) is 25.7. The molecule has 2 amide bonds. The number of rotatable bonds is 14. The first-order valence-electron chi connectivity index (χ1n) is 15.7. The molecule has 2 aromatic carbocycles. The van der Waals surface area contributed by atoms with Crippen LogP contribution in [0.3, 0.4) is 0 Å². The van der Waals surface area contributed by atoms with Crippen molar-refractivity contribution < 1.29 is 33.7 Å². The van der Waals surface area contributed by atoms with Crippen LogP contribution in [-0.2, 0) is 20.9 Å². The zero-order chi connectivity index (χ0) is 31.2. The number of carbonyl (C=O) groups excluding carboxylic acids is 2. The number of carbonyl (C=O) groups is 3. The van der Waals surface area contributed by atoms with Gasteiger partial charge >= 0.3 is 5.97 Å². The van der Waals surface area contributed by atoms with Crippen molar-refractivity contribution in [3.05, 3.63) is 47.5 Å². The Hall–Kier alpha value is -3.83. The van der Waals surface area contributed by atoms with E-state index in [-0.39, 0.29) is 25.2 Å². The molecule has 0 bridgehead atoms. The Labute approximate surface area is 258 Å². The van der Waals surface area contributed by atoms with Crippen molar-refractivity contribution >= 4 is 23.5 Å². The highest BCUT2D eigenvalue weighted by molar-refractivity contribution is 5.95. The second-order valence-electron chi connectivity index (χ2n) is 11.8. The van der Waals surface area contributed by atoms with Gasteiger partial charge in [0.15, 0.2) is 11.5 Å². The summed E-state index contributed by atoms with van der Waals surface area (Å²) < 4.78 is 16.8. The van der Waals surface area contributed by atoms with Gasteiger partial charge in [0.25, 0.3) is 0 Å². The van der Waals surface area contributed by atoms with Crippen molar-refractivity contribution in [1.82, 2.24) is 9.80 Å². The van der Waals surface area contributed by atoms with Crippen molar-refractivity contribution in [3.63, 3.8) is 0 Å². The van der Waals surface area contributed by atoms with Crippen LogP contribution >= 0.6 is 0 Å². The Morgan fingerprint density at radius 3 is 2.73 bits per heavy atom. The van der Waals surface area contributed by atoms with Crippen LogP contribution in [0.1, 0.15) is 62.5 Å². The summed E-state index contributed by atoms with van der Waals surface area (Å²) in [4.78, 5) is 44.9. The van der Waals surface area contributed by atoms with Gasteiger partial charge in [-0.2, -0.15) is 0 Å². The number of benzene rings is 2. The molecule has 3 unspecified atom stereocenters. The van der Waals surface area contributed by atoms with E-state index in [0.29, 0.717) is 62.7 Å². The van der Waals surface area contributed by atoms with Gasteiger partial charge < -0.3 is 34.9 Å². The summed E-state index contributed by atoms with van der Waals surface area (Å²) in [6, 6.07) is 11.0. The van der Waals surface area contributed by atoms with E-state index in [0.717, 1.165) is 42.6 Å². The average molecular weight is 609 g/mol. The highest BCUT2D eigenvalue weighted by Crippen LogP contribution is 2.47. The number of amides is 2. The molecule has 44 heavy (non-hydrogen) atoms. The number of nitrogens with zero attached hydrogens (tertiary/aromatic N) is 3. The number of likely N-dealkylation sites (tertiary alicyclic amines) is 2. The van der Waals surface area contributed by atoms with E-state index in [9.17, 15) is 19.5 Å². The maximum absolute atomic E-state index is 14.0. The van der Waals surface area contributed by atoms with E-state index in [1.165, 1.54) is 0 Å². The Kier molecular flexibility index (Phi) is 10.3. The fourth-order valence-corrected chi connectivity index (χ4v) is 6.81. The number of ether oxygens (including phenoxy) is 3. The highest BCUT2D eigenvalue weighted by atomic mass is 16.7. The maximum Gasteiger partial charge on any atom is 0.308 e. The molecular formula is C33H44N4O7. The molecule has 3 N–H and O–H groups in total. The number of fused-ring (bicyclic) bond motifs is 1. The quantitative estimate of drug-likeness (QED) is 0.330. The van der Waals surface area contributed by atoms with Crippen LogP contribution in [0.2, 0.25) is 0 Å². The fraction of sp³-hybridized carbons (Fsp3) is 0.545. The summed E-state index contributed by atoms with van der Waals surface area (Å²) >= 11 is 0. The Morgan fingerprint density at radius 1 is 1.18 bits per heavy atom. The van der Waals surface area contributed by atoms with Gasteiger partial charge in [-0.3, -0.25) is 19.3 Å². The van der Waals surface area contributed by atoms with Crippen LogP contribution in [0.4, 0.5) is 5.69 Å². The third kappa shape index (κ3) is 6.78. The molecule has 0 aromatic heterocycles. The normalized spacial score (nSPS) is 21.2. The smallest absolute Gasteiger partial charge is 0.308 e. The molecule has 2 saturated heterocycles. The lowest BCUT2D eigenvalue weighted by Crippen LogP contribution is -2.45. The number of hydrogen-bond acceptors (Lipinski definition) is 8. The van der Waals surface area contributed by atoms with Crippen molar-refractivity contribution in [2.45, 2.75) is 64.0 Å². The second kappa shape index (κ2) is 14.3. The number of carboxylic acid groups (broad SMARTS) is 1. The molecular weight excluding hydrogens is 564 g/mol. The predicted octanol–water partition coefficient (Wildman–Crippen LogP) is 3.59. The Bertz CT molecular complexity index is 1350. The lowest BCUT2D eigenvalue weighted by atomic mass is 9.83. The number of carboxylic acids is 1. The monoisotopic (exact) mass is 608 g/mol. The van der Waals surface area contributed by atoms with Gasteiger partial charge in [-0.1, -0.05) is 25.5 Å².